The van der Waals surface area contributed by atoms with Gasteiger partial charge in [0.2, 0.25) is 11.8 Å². The number of piperidine rings is 1. The van der Waals surface area contributed by atoms with E-state index in [9.17, 15) is 9.59 Å². The van der Waals surface area contributed by atoms with Crippen molar-refractivity contribution < 1.29 is 14.3 Å². The number of carbonyl (C=O) groups excluding carboxylic acids is 2. The second-order valence-corrected chi connectivity index (χ2v) is 8.47. The van der Waals surface area contributed by atoms with Crippen LogP contribution in [0.4, 0.5) is 0 Å². The minimum atomic E-state index is 0.0408. The van der Waals surface area contributed by atoms with Gasteiger partial charge in [-0.15, -0.1) is 10.2 Å². The van der Waals surface area contributed by atoms with Crippen LogP contribution in [-0.4, -0.2) is 57.4 Å². The lowest BCUT2D eigenvalue weighted by Gasteiger charge is -2.32. The smallest absolute Gasteiger partial charge is 0.233 e. The van der Waals surface area contributed by atoms with Gasteiger partial charge in [0.1, 0.15) is 12.1 Å². The highest BCUT2D eigenvalue weighted by atomic mass is 32.2. The van der Waals surface area contributed by atoms with Crippen molar-refractivity contribution in [2.45, 2.75) is 37.4 Å². The summed E-state index contributed by atoms with van der Waals surface area (Å²) in [6, 6.07) is 7.68. The van der Waals surface area contributed by atoms with Gasteiger partial charge in [-0.1, -0.05) is 23.9 Å². The van der Waals surface area contributed by atoms with Crippen molar-refractivity contribution in [1.29, 1.82) is 0 Å². The number of nitrogens with zero attached hydrogens (tertiary/aromatic N) is 4. The van der Waals surface area contributed by atoms with Crippen molar-refractivity contribution >= 4 is 23.6 Å². The predicted molar refractivity (Wildman–Crippen MR) is 115 cm³/mol. The van der Waals surface area contributed by atoms with Crippen LogP contribution < -0.4 is 10.1 Å². The Labute approximate surface area is 181 Å². The third-order valence-corrected chi connectivity index (χ3v) is 6.29. The molecule has 0 aliphatic carbocycles. The van der Waals surface area contributed by atoms with E-state index >= 15 is 0 Å². The predicted octanol–water partition coefficient (Wildman–Crippen LogP) is 2.25. The molecule has 1 aromatic heterocycles. The third-order valence-electron chi connectivity index (χ3n) is 5.27. The second kappa shape index (κ2) is 11.0. The van der Waals surface area contributed by atoms with E-state index in [0.29, 0.717) is 24.6 Å². The zero-order chi connectivity index (χ0) is 21.3. The summed E-state index contributed by atoms with van der Waals surface area (Å²) in [5, 5.41) is 11.5. The van der Waals surface area contributed by atoms with Crippen LogP contribution in [0.2, 0.25) is 0 Å². The summed E-state index contributed by atoms with van der Waals surface area (Å²) in [4.78, 5) is 26.7. The maximum absolute atomic E-state index is 12.6. The standard InChI is InChI=1S/C21H29N5O3S/c1-25-15-23-24-21(25)30-14-20(28)26-10-4-6-16(13-26)8-9-19(27)22-12-17-5-3-7-18(11-17)29-2/h3,5,7,11,15-16H,4,6,8-10,12-14H2,1-2H3,(H,22,27)/t16-/m1/s1. The number of aromatic nitrogens is 3. The maximum atomic E-state index is 12.6. The van der Waals surface area contributed by atoms with E-state index < -0.39 is 0 Å². The molecule has 2 amide bonds. The van der Waals surface area contributed by atoms with Crippen molar-refractivity contribution in [2.24, 2.45) is 13.0 Å². The molecule has 0 saturated carbocycles. The minimum Gasteiger partial charge on any atom is -0.497 e. The Morgan fingerprint density at radius 3 is 3.00 bits per heavy atom. The Morgan fingerprint density at radius 1 is 1.37 bits per heavy atom. The quantitative estimate of drug-likeness (QED) is 0.613. The second-order valence-electron chi connectivity index (χ2n) is 7.53. The number of rotatable bonds is 9. The highest BCUT2D eigenvalue weighted by molar-refractivity contribution is 7.99. The fourth-order valence-corrected chi connectivity index (χ4v) is 4.35. The average Bonchev–Trinajstić information content (AvgIpc) is 3.19. The van der Waals surface area contributed by atoms with Crippen molar-refractivity contribution in [3.63, 3.8) is 0 Å². The third kappa shape index (κ3) is 6.48. The van der Waals surface area contributed by atoms with Gasteiger partial charge in [-0.2, -0.15) is 0 Å². The molecule has 3 rings (SSSR count). The first-order chi connectivity index (χ1) is 14.5. The van der Waals surface area contributed by atoms with E-state index in [2.05, 4.69) is 15.5 Å². The van der Waals surface area contributed by atoms with E-state index in [-0.39, 0.29) is 11.8 Å². The number of likely N-dealkylation sites (tertiary alicyclic amines) is 1. The lowest BCUT2D eigenvalue weighted by molar-refractivity contribution is -0.130. The molecule has 1 aliphatic rings. The summed E-state index contributed by atoms with van der Waals surface area (Å²) in [7, 11) is 3.49. The molecule has 162 valence electrons. The van der Waals surface area contributed by atoms with Gasteiger partial charge in [-0.05, 0) is 42.9 Å². The Kier molecular flexibility index (Phi) is 8.12. The molecule has 1 aliphatic heterocycles. The molecule has 1 fully saturated rings. The largest absolute Gasteiger partial charge is 0.497 e. The first kappa shape index (κ1) is 22.1. The Bertz CT molecular complexity index is 857. The Hall–Kier alpha value is -2.55. The van der Waals surface area contributed by atoms with Crippen molar-refractivity contribution in [3.05, 3.63) is 36.2 Å². The van der Waals surface area contributed by atoms with E-state index in [0.717, 1.165) is 48.8 Å². The fraction of sp³-hybridized carbons (Fsp3) is 0.524. The molecule has 2 heterocycles. The lowest BCUT2D eigenvalue weighted by Crippen LogP contribution is -2.41. The normalized spacial score (nSPS) is 16.3. The van der Waals surface area contributed by atoms with Crippen LogP contribution in [0.3, 0.4) is 0 Å². The topological polar surface area (TPSA) is 89.3 Å². The van der Waals surface area contributed by atoms with Crippen molar-refractivity contribution in [1.82, 2.24) is 25.0 Å². The van der Waals surface area contributed by atoms with E-state index in [4.69, 9.17) is 4.74 Å². The molecule has 8 nitrogen and oxygen atoms in total. The number of aryl methyl sites for hydroxylation is 1. The summed E-state index contributed by atoms with van der Waals surface area (Å²) >= 11 is 1.41. The maximum Gasteiger partial charge on any atom is 0.233 e. The molecule has 9 heteroatoms. The first-order valence-electron chi connectivity index (χ1n) is 10.2. The zero-order valence-corrected chi connectivity index (χ0v) is 18.4. The highest BCUT2D eigenvalue weighted by Gasteiger charge is 2.24. The molecule has 0 spiro atoms. The molecule has 0 radical (unpaired) electrons. The minimum absolute atomic E-state index is 0.0408. The molecule has 0 bridgehead atoms. The van der Waals surface area contributed by atoms with Crippen LogP contribution >= 0.6 is 11.8 Å². The summed E-state index contributed by atoms with van der Waals surface area (Å²) in [6.07, 6.45) is 4.94. The molecule has 1 saturated heterocycles. The molecule has 1 aromatic carbocycles. The number of ether oxygens (including phenoxy) is 1. The van der Waals surface area contributed by atoms with Crippen LogP contribution in [0.1, 0.15) is 31.2 Å². The number of carbonyl (C=O) groups is 2. The Morgan fingerprint density at radius 2 is 2.23 bits per heavy atom. The van der Waals surface area contributed by atoms with Gasteiger partial charge in [0, 0.05) is 33.1 Å². The number of thioether (sulfide) groups is 1. The van der Waals surface area contributed by atoms with Crippen LogP contribution in [0.5, 0.6) is 5.75 Å². The van der Waals surface area contributed by atoms with E-state index in [1.165, 1.54) is 11.8 Å². The summed E-state index contributed by atoms with van der Waals surface area (Å²) < 4.78 is 7.01. The van der Waals surface area contributed by atoms with E-state index in [1.807, 2.05) is 36.2 Å². The molecule has 30 heavy (non-hydrogen) atoms. The van der Waals surface area contributed by atoms with Crippen LogP contribution in [0, 0.1) is 5.92 Å². The van der Waals surface area contributed by atoms with E-state index in [1.54, 1.807) is 18.0 Å². The summed E-state index contributed by atoms with van der Waals surface area (Å²) in [5.74, 6) is 1.67. The SMILES string of the molecule is COc1cccc(CNC(=O)CC[C@H]2CCCN(C(=O)CSc3nncn3C)C2)c1. The van der Waals surface area contributed by atoms with Gasteiger partial charge in [0.25, 0.3) is 0 Å². The number of methoxy groups -OCH3 is 1. The van der Waals surface area contributed by atoms with Crippen LogP contribution in [0.25, 0.3) is 0 Å². The fourth-order valence-electron chi connectivity index (χ4n) is 3.55. The molecule has 0 unspecified atom stereocenters. The van der Waals surface area contributed by atoms with Gasteiger partial charge in [0.15, 0.2) is 5.16 Å². The number of hydrogen-bond acceptors (Lipinski definition) is 6. The lowest BCUT2D eigenvalue weighted by atomic mass is 9.93. The van der Waals surface area contributed by atoms with Crippen molar-refractivity contribution in [3.8, 4) is 5.75 Å². The summed E-state index contributed by atoms with van der Waals surface area (Å²) in [6.45, 7) is 2.00. The number of benzene rings is 1. The molecule has 2 aromatic rings. The number of nitrogens with one attached hydrogen (secondary N) is 1. The highest BCUT2D eigenvalue weighted by Crippen LogP contribution is 2.23. The van der Waals surface area contributed by atoms with Crippen LogP contribution in [0.15, 0.2) is 35.7 Å². The monoisotopic (exact) mass is 431 g/mol. The average molecular weight is 432 g/mol. The molecule has 1 N–H and O–H groups in total. The van der Waals surface area contributed by atoms with Crippen LogP contribution in [-0.2, 0) is 23.2 Å². The number of hydrogen-bond donors (Lipinski definition) is 1. The Balaban J connectivity index is 1.38. The van der Waals surface area contributed by atoms with Crippen molar-refractivity contribution in [2.75, 3.05) is 26.0 Å². The van der Waals surface area contributed by atoms with Gasteiger partial charge >= 0.3 is 0 Å². The molecule has 1 atom stereocenters. The molecular weight excluding hydrogens is 402 g/mol. The first-order valence-corrected chi connectivity index (χ1v) is 11.2. The van der Waals surface area contributed by atoms with Gasteiger partial charge < -0.3 is 19.5 Å². The van der Waals surface area contributed by atoms with Gasteiger partial charge in [0.05, 0.1) is 12.9 Å². The summed E-state index contributed by atoms with van der Waals surface area (Å²) in [5.41, 5.74) is 1.01. The zero-order valence-electron chi connectivity index (χ0n) is 17.5. The molecular formula is C21H29N5O3S. The van der Waals surface area contributed by atoms with Gasteiger partial charge in [-0.3, -0.25) is 9.59 Å². The van der Waals surface area contributed by atoms with Gasteiger partial charge in [-0.25, -0.2) is 0 Å². The number of amides is 2.